The first kappa shape index (κ1) is 17.2. The average Bonchev–Trinajstić information content (AvgIpc) is 2.99. The third-order valence-electron chi connectivity index (χ3n) is 2.69. The number of carbonyl (C=O) groups excluding carboxylic acids is 1. The molecule has 0 aliphatic heterocycles. The van der Waals surface area contributed by atoms with Crippen molar-refractivity contribution < 1.29 is 14.3 Å². The highest BCUT2D eigenvalue weighted by atomic mass is 32.1. The summed E-state index contributed by atoms with van der Waals surface area (Å²) in [4.78, 5) is 16.7. The summed E-state index contributed by atoms with van der Waals surface area (Å²) in [5.41, 5.74) is 3.99. The van der Waals surface area contributed by atoms with Crippen LogP contribution in [0.15, 0.2) is 23.7 Å². The molecule has 5 heteroatoms. The van der Waals surface area contributed by atoms with Crippen LogP contribution < -0.4 is 4.74 Å². The third kappa shape index (κ3) is 4.04. The summed E-state index contributed by atoms with van der Waals surface area (Å²) in [5, 5.41) is 0. The topological polar surface area (TPSA) is 48.4 Å². The van der Waals surface area contributed by atoms with Crippen molar-refractivity contribution in [3.63, 3.8) is 0 Å². The molecule has 0 atom stereocenters. The van der Waals surface area contributed by atoms with Crippen LogP contribution in [0.25, 0.3) is 10.4 Å². The lowest BCUT2D eigenvalue weighted by Crippen LogP contribution is -2.06. The van der Waals surface area contributed by atoms with E-state index in [1.165, 1.54) is 11.3 Å². The summed E-state index contributed by atoms with van der Waals surface area (Å²) in [5.74, 6) is 0.443. The van der Waals surface area contributed by atoms with Gasteiger partial charge in [0.25, 0.3) is 0 Å². The lowest BCUT2D eigenvalue weighted by Gasteiger charge is -2.07. The van der Waals surface area contributed by atoms with Gasteiger partial charge >= 0.3 is 5.97 Å². The Morgan fingerprint density at radius 2 is 2.05 bits per heavy atom. The molecule has 1 heterocycles. The fourth-order valence-electron chi connectivity index (χ4n) is 1.82. The number of hydrogen-bond acceptors (Lipinski definition) is 5. The van der Waals surface area contributed by atoms with E-state index in [0.29, 0.717) is 12.3 Å². The molecule has 0 radical (unpaired) electrons. The fourth-order valence-corrected chi connectivity index (χ4v) is 2.59. The van der Waals surface area contributed by atoms with Gasteiger partial charge in [0.05, 0.1) is 24.1 Å². The largest absolute Gasteiger partial charge is 0.496 e. The molecular weight excluding hydrogens is 286 g/mol. The van der Waals surface area contributed by atoms with Crippen LogP contribution in [0.2, 0.25) is 0 Å². The summed E-state index contributed by atoms with van der Waals surface area (Å²) in [6.45, 7) is 8.09. The monoisotopic (exact) mass is 307 g/mol. The molecule has 1 aromatic heterocycles. The van der Waals surface area contributed by atoms with Crippen LogP contribution in [0.1, 0.15) is 36.8 Å². The van der Waals surface area contributed by atoms with Gasteiger partial charge in [-0.15, -0.1) is 11.3 Å². The van der Waals surface area contributed by atoms with E-state index in [-0.39, 0.29) is 5.97 Å². The molecule has 0 saturated heterocycles. The maximum atomic E-state index is 11.8. The smallest absolute Gasteiger partial charge is 0.358 e. The van der Waals surface area contributed by atoms with Crippen molar-refractivity contribution in [1.82, 2.24) is 4.98 Å². The Kier molecular flexibility index (Phi) is 6.88. The van der Waals surface area contributed by atoms with E-state index in [0.717, 1.165) is 21.8 Å². The molecule has 0 saturated carbocycles. The van der Waals surface area contributed by atoms with E-state index in [1.807, 2.05) is 39.0 Å². The minimum atomic E-state index is -0.382. The van der Waals surface area contributed by atoms with E-state index >= 15 is 0 Å². The first-order chi connectivity index (χ1) is 10.2. The minimum Gasteiger partial charge on any atom is -0.496 e. The van der Waals surface area contributed by atoms with Gasteiger partial charge in [-0.2, -0.15) is 0 Å². The summed E-state index contributed by atoms with van der Waals surface area (Å²) in [6.07, 6.45) is 0. The predicted molar refractivity (Wildman–Crippen MR) is 86.1 cm³/mol. The first-order valence-corrected chi connectivity index (χ1v) is 7.81. The molecule has 2 aromatic rings. The number of hydrogen-bond donors (Lipinski definition) is 0. The fraction of sp³-hybridized carbons (Fsp3) is 0.375. The zero-order valence-corrected chi connectivity index (χ0v) is 13.9. The van der Waals surface area contributed by atoms with Crippen molar-refractivity contribution in [2.24, 2.45) is 0 Å². The normalized spacial score (nSPS) is 9.57. The summed E-state index contributed by atoms with van der Waals surface area (Å²) in [6, 6.07) is 5.79. The van der Waals surface area contributed by atoms with Crippen molar-refractivity contribution in [3.05, 3.63) is 35.0 Å². The van der Waals surface area contributed by atoms with Crippen molar-refractivity contribution in [2.45, 2.75) is 27.7 Å². The Labute approximate surface area is 129 Å². The van der Waals surface area contributed by atoms with Crippen molar-refractivity contribution >= 4 is 17.3 Å². The second kappa shape index (κ2) is 8.42. The highest BCUT2D eigenvalue weighted by Crippen LogP contribution is 2.31. The molecule has 0 N–H and O–H groups in total. The number of esters is 1. The van der Waals surface area contributed by atoms with Crippen molar-refractivity contribution in [2.75, 3.05) is 13.7 Å². The Hall–Kier alpha value is -1.88. The van der Waals surface area contributed by atoms with Crippen molar-refractivity contribution in [1.29, 1.82) is 0 Å². The maximum absolute atomic E-state index is 11.8. The Bertz CT molecular complexity index is 593. The molecule has 2 rings (SSSR count). The van der Waals surface area contributed by atoms with Gasteiger partial charge in [0.15, 0.2) is 5.69 Å². The van der Waals surface area contributed by atoms with Gasteiger partial charge in [0.2, 0.25) is 0 Å². The van der Waals surface area contributed by atoms with Gasteiger partial charge < -0.3 is 9.47 Å². The second-order valence-electron chi connectivity index (χ2n) is 3.93. The molecule has 0 amide bonds. The summed E-state index contributed by atoms with van der Waals surface area (Å²) in [7, 11) is 1.64. The van der Waals surface area contributed by atoms with Crippen molar-refractivity contribution in [3.8, 4) is 16.2 Å². The van der Waals surface area contributed by atoms with Gasteiger partial charge in [0, 0.05) is 0 Å². The number of rotatable bonds is 4. The average molecular weight is 307 g/mol. The number of benzene rings is 1. The van der Waals surface area contributed by atoms with Crippen LogP contribution >= 0.6 is 11.3 Å². The van der Waals surface area contributed by atoms with Gasteiger partial charge in [-0.3, -0.25) is 0 Å². The number of thiazole rings is 1. The maximum Gasteiger partial charge on any atom is 0.358 e. The van der Waals surface area contributed by atoms with E-state index in [4.69, 9.17) is 9.47 Å². The summed E-state index contributed by atoms with van der Waals surface area (Å²) >= 11 is 1.43. The second-order valence-corrected chi connectivity index (χ2v) is 4.79. The zero-order chi connectivity index (χ0) is 15.8. The molecule has 114 valence electrons. The molecule has 21 heavy (non-hydrogen) atoms. The molecule has 0 unspecified atom stereocenters. The number of methoxy groups -OCH3 is 1. The Morgan fingerprint density at radius 3 is 2.62 bits per heavy atom. The lowest BCUT2D eigenvalue weighted by atomic mass is 10.1. The van der Waals surface area contributed by atoms with Crippen LogP contribution in [0.5, 0.6) is 5.75 Å². The van der Waals surface area contributed by atoms with Gasteiger partial charge in [-0.25, -0.2) is 9.78 Å². The predicted octanol–water partition coefficient (Wildman–Crippen LogP) is 4.33. The standard InChI is InChI=1S/C14H15NO3S.C2H6/c1-4-18-14(16)12-13(19-8-15-12)10-5-6-11(17-3)9(2)7-10;1-2/h5-8H,4H2,1-3H3;1-2H3. The number of ether oxygens (including phenoxy) is 2. The minimum absolute atomic E-state index is 0.345. The van der Waals surface area contributed by atoms with E-state index in [2.05, 4.69) is 4.98 Å². The first-order valence-electron chi connectivity index (χ1n) is 6.93. The molecule has 0 bridgehead atoms. The Balaban J connectivity index is 0.00000106. The van der Waals surface area contributed by atoms with Crippen LogP contribution in [0.3, 0.4) is 0 Å². The molecule has 0 fully saturated rings. The van der Waals surface area contributed by atoms with E-state index in [1.54, 1.807) is 19.5 Å². The number of aryl methyl sites for hydroxylation is 1. The quantitative estimate of drug-likeness (QED) is 0.789. The Morgan fingerprint density at radius 1 is 1.33 bits per heavy atom. The van der Waals surface area contributed by atoms with E-state index in [9.17, 15) is 4.79 Å². The summed E-state index contributed by atoms with van der Waals surface area (Å²) < 4.78 is 10.2. The zero-order valence-electron chi connectivity index (χ0n) is 13.1. The molecule has 0 aliphatic rings. The SMILES string of the molecule is CC.CCOC(=O)c1ncsc1-c1ccc(OC)c(C)c1. The lowest BCUT2D eigenvalue weighted by molar-refractivity contribution is 0.0521. The molecule has 4 nitrogen and oxygen atoms in total. The van der Waals surface area contributed by atoms with Crippen LogP contribution in [0.4, 0.5) is 0 Å². The number of aromatic nitrogens is 1. The van der Waals surface area contributed by atoms with E-state index < -0.39 is 0 Å². The number of carbonyl (C=O) groups is 1. The van der Waals surface area contributed by atoms with Gasteiger partial charge in [-0.05, 0) is 43.2 Å². The highest BCUT2D eigenvalue weighted by molar-refractivity contribution is 7.13. The highest BCUT2D eigenvalue weighted by Gasteiger charge is 2.17. The third-order valence-corrected chi connectivity index (χ3v) is 3.57. The number of nitrogens with zero attached hydrogens (tertiary/aromatic N) is 1. The molecule has 0 spiro atoms. The molecule has 1 aromatic carbocycles. The molecule has 0 aliphatic carbocycles. The van der Waals surface area contributed by atoms with Crippen LogP contribution in [-0.4, -0.2) is 24.7 Å². The van der Waals surface area contributed by atoms with Gasteiger partial charge in [0.1, 0.15) is 5.75 Å². The van der Waals surface area contributed by atoms with Crippen LogP contribution in [0, 0.1) is 6.92 Å². The van der Waals surface area contributed by atoms with Gasteiger partial charge in [-0.1, -0.05) is 13.8 Å². The van der Waals surface area contributed by atoms with Crippen LogP contribution in [-0.2, 0) is 4.74 Å². The molecular formula is C16H21NO3S.